The number of nitrogens with zero attached hydrogens (tertiary/aromatic N) is 1. The van der Waals surface area contributed by atoms with E-state index in [-0.39, 0.29) is 10.6 Å². The highest BCUT2D eigenvalue weighted by molar-refractivity contribution is 9.10. The van der Waals surface area contributed by atoms with Gasteiger partial charge in [-0.3, -0.25) is 4.79 Å². The molecule has 1 heterocycles. The monoisotopic (exact) mass is 377 g/mol. The Balaban J connectivity index is 2.38. The van der Waals surface area contributed by atoms with E-state index < -0.39 is 10.0 Å². The molecule has 0 radical (unpaired) electrons. The third kappa shape index (κ3) is 2.19. The smallest absolute Gasteiger partial charge is 0.268 e. The molecule has 2 aromatic carbocycles. The number of aryl methyl sites for hydroxylation is 1. The van der Waals surface area contributed by atoms with E-state index in [0.29, 0.717) is 21.7 Å². The molecule has 0 aliphatic rings. The van der Waals surface area contributed by atoms with Gasteiger partial charge in [-0.15, -0.1) is 0 Å². The molecule has 3 aromatic rings. The molecule has 0 unspecified atom stereocenters. The standard InChI is InChI=1S/C16H12BrNO3S/c1-11-6-8-12(9-7-11)22(20,21)18-14-5-3-2-4-13(14)16(17)15(18)10-19/h2-10H,1H3. The maximum atomic E-state index is 12.9. The number of hydrogen-bond donors (Lipinski definition) is 0. The lowest BCUT2D eigenvalue weighted by Crippen LogP contribution is -2.15. The summed E-state index contributed by atoms with van der Waals surface area (Å²) in [6, 6.07) is 13.5. The first-order chi connectivity index (χ1) is 10.5. The molecule has 6 heteroatoms. The van der Waals surface area contributed by atoms with Gasteiger partial charge in [0.1, 0.15) is 5.69 Å². The Labute approximate surface area is 136 Å². The van der Waals surface area contributed by atoms with E-state index in [4.69, 9.17) is 0 Å². The van der Waals surface area contributed by atoms with Crippen molar-refractivity contribution in [3.63, 3.8) is 0 Å². The third-order valence-corrected chi connectivity index (χ3v) is 6.05. The number of para-hydroxylation sites is 1. The lowest BCUT2D eigenvalue weighted by atomic mass is 10.2. The van der Waals surface area contributed by atoms with Crippen LogP contribution in [0.25, 0.3) is 10.9 Å². The van der Waals surface area contributed by atoms with Gasteiger partial charge in [-0.05, 0) is 41.1 Å². The summed E-state index contributed by atoms with van der Waals surface area (Å²) < 4.78 is 27.4. The van der Waals surface area contributed by atoms with Crippen LogP contribution in [0.1, 0.15) is 16.1 Å². The number of aldehydes is 1. The summed E-state index contributed by atoms with van der Waals surface area (Å²) >= 11 is 3.32. The van der Waals surface area contributed by atoms with Crippen LogP contribution in [0.2, 0.25) is 0 Å². The second-order valence-corrected chi connectivity index (χ2v) is 7.50. The minimum atomic E-state index is -3.85. The molecule has 0 amide bonds. The zero-order valence-electron chi connectivity index (χ0n) is 11.7. The van der Waals surface area contributed by atoms with Crippen LogP contribution in [0.15, 0.2) is 57.9 Å². The Morgan fingerprint density at radius 2 is 1.68 bits per heavy atom. The van der Waals surface area contributed by atoms with Crippen molar-refractivity contribution in [3.8, 4) is 0 Å². The number of rotatable bonds is 3. The van der Waals surface area contributed by atoms with Gasteiger partial charge in [0.15, 0.2) is 6.29 Å². The minimum absolute atomic E-state index is 0.0850. The molecule has 3 rings (SSSR count). The molecule has 112 valence electrons. The van der Waals surface area contributed by atoms with Gasteiger partial charge >= 0.3 is 0 Å². The van der Waals surface area contributed by atoms with E-state index in [0.717, 1.165) is 9.54 Å². The number of aromatic nitrogens is 1. The van der Waals surface area contributed by atoms with E-state index in [1.807, 2.05) is 6.92 Å². The van der Waals surface area contributed by atoms with Crippen molar-refractivity contribution >= 4 is 43.1 Å². The van der Waals surface area contributed by atoms with E-state index in [1.54, 1.807) is 48.5 Å². The maximum absolute atomic E-state index is 12.9. The van der Waals surface area contributed by atoms with Crippen LogP contribution in [0.3, 0.4) is 0 Å². The molecular formula is C16H12BrNO3S. The van der Waals surface area contributed by atoms with Crippen LogP contribution in [0.5, 0.6) is 0 Å². The van der Waals surface area contributed by atoms with Crippen LogP contribution < -0.4 is 0 Å². The second-order valence-electron chi connectivity index (χ2n) is 4.92. The number of halogens is 1. The summed E-state index contributed by atoms with van der Waals surface area (Å²) in [5, 5.41) is 0.681. The zero-order chi connectivity index (χ0) is 15.9. The van der Waals surface area contributed by atoms with Crippen LogP contribution in [0.4, 0.5) is 0 Å². The molecule has 0 fully saturated rings. The fourth-order valence-corrected chi connectivity index (χ4v) is 4.59. The summed E-state index contributed by atoms with van der Waals surface area (Å²) in [4.78, 5) is 11.6. The Bertz CT molecular complexity index is 973. The number of benzene rings is 2. The van der Waals surface area contributed by atoms with Crippen molar-refractivity contribution in [2.24, 2.45) is 0 Å². The van der Waals surface area contributed by atoms with Gasteiger partial charge in [0.2, 0.25) is 0 Å². The van der Waals surface area contributed by atoms with Crippen LogP contribution >= 0.6 is 15.9 Å². The highest BCUT2D eigenvalue weighted by atomic mass is 79.9. The van der Waals surface area contributed by atoms with Crippen molar-refractivity contribution in [1.29, 1.82) is 0 Å². The SMILES string of the molecule is Cc1ccc(S(=O)(=O)n2c(C=O)c(Br)c3ccccc32)cc1. The average Bonchev–Trinajstić information content (AvgIpc) is 2.81. The van der Waals surface area contributed by atoms with Gasteiger partial charge in [-0.1, -0.05) is 35.9 Å². The number of carbonyl (C=O) groups is 1. The highest BCUT2D eigenvalue weighted by Crippen LogP contribution is 2.33. The second kappa shape index (κ2) is 5.37. The largest absolute Gasteiger partial charge is 0.296 e. The minimum Gasteiger partial charge on any atom is -0.296 e. The zero-order valence-corrected chi connectivity index (χ0v) is 14.1. The molecule has 22 heavy (non-hydrogen) atoms. The first-order valence-corrected chi connectivity index (χ1v) is 8.76. The van der Waals surface area contributed by atoms with Crippen LogP contribution in [-0.4, -0.2) is 18.7 Å². The predicted molar refractivity (Wildman–Crippen MR) is 88.8 cm³/mol. The third-order valence-electron chi connectivity index (χ3n) is 3.47. The molecule has 0 saturated heterocycles. The normalized spacial score (nSPS) is 11.7. The number of fused-ring (bicyclic) bond motifs is 1. The van der Waals surface area contributed by atoms with Crippen molar-refractivity contribution in [2.45, 2.75) is 11.8 Å². The molecule has 0 aliphatic carbocycles. The summed E-state index contributed by atoms with van der Waals surface area (Å²) in [6.07, 6.45) is 0.551. The fourth-order valence-electron chi connectivity index (χ4n) is 2.37. The molecule has 1 aromatic heterocycles. The van der Waals surface area contributed by atoms with Gasteiger partial charge in [0.05, 0.1) is 14.9 Å². The Kier molecular flexibility index (Phi) is 3.66. The van der Waals surface area contributed by atoms with Gasteiger partial charge in [-0.2, -0.15) is 0 Å². The van der Waals surface area contributed by atoms with Crippen molar-refractivity contribution < 1.29 is 13.2 Å². The van der Waals surface area contributed by atoms with E-state index in [1.165, 1.54) is 0 Å². The fraction of sp³-hybridized carbons (Fsp3) is 0.0625. The van der Waals surface area contributed by atoms with Crippen LogP contribution in [-0.2, 0) is 10.0 Å². The van der Waals surface area contributed by atoms with Gasteiger partial charge < -0.3 is 0 Å². The quantitative estimate of drug-likeness (QED) is 0.652. The topological polar surface area (TPSA) is 56.1 Å². The van der Waals surface area contributed by atoms with Gasteiger partial charge in [0.25, 0.3) is 10.0 Å². The van der Waals surface area contributed by atoms with Crippen molar-refractivity contribution in [2.75, 3.05) is 0 Å². The lowest BCUT2D eigenvalue weighted by Gasteiger charge is -2.09. The van der Waals surface area contributed by atoms with E-state index in [9.17, 15) is 13.2 Å². The Hall–Kier alpha value is -1.92. The van der Waals surface area contributed by atoms with Crippen molar-refractivity contribution in [3.05, 3.63) is 64.3 Å². The predicted octanol–water partition coefficient (Wildman–Crippen LogP) is 3.76. The lowest BCUT2D eigenvalue weighted by molar-refractivity contribution is 0.111. The molecule has 0 spiro atoms. The van der Waals surface area contributed by atoms with E-state index >= 15 is 0 Å². The molecule has 0 N–H and O–H groups in total. The Morgan fingerprint density at radius 1 is 1.05 bits per heavy atom. The average molecular weight is 378 g/mol. The summed E-state index contributed by atoms with van der Waals surface area (Å²) in [5.74, 6) is 0. The molecule has 0 saturated carbocycles. The molecule has 0 aliphatic heterocycles. The maximum Gasteiger partial charge on any atom is 0.268 e. The molecular weight excluding hydrogens is 366 g/mol. The first kappa shape index (κ1) is 15.0. The highest BCUT2D eigenvalue weighted by Gasteiger charge is 2.25. The number of hydrogen-bond acceptors (Lipinski definition) is 3. The summed E-state index contributed by atoms with van der Waals surface area (Å²) in [7, 11) is -3.85. The van der Waals surface area contributed by atoms with E-state index in [2.05, 4.69) is 15.9 Å². The molecule has 0 atom stereocenters. The first-order valence-electron chi connectivity index (χ1n) is 6.53. The van der Waals surface area contributed by atoms with Gasteiger partial charge in [-0.25, -0.2) is 12.4 Å². The summed E-state index contributed by atoms with van der Waals surface area (Å²) in [6.45, 7) is 1.88. The molecule has 0 bridgehead atoms. The van der Waals surface area contributed by atoms with Crippen molar-refractivity contribution in [1.82, 2.24) is 3.97 Å². The molecule has 4 nitrogen and oxygen atoms in total. The summed E-state index contributed by atoms with van der Waals surface area (Å²) in [5.41, 5.74) is 1.52. The van der Waals surface area contributed by atoms with Gasteiger partial charge in [0, 0.05) is 5.39 Å². The van der Waals surface area contributed by atoms with Crippen LogP contribution in [0, 0.1) is 6.92 Å². The Morgan fingerprint density at radius 3 is 2.32 bits per heavy atom. The number of carbonyl (C=O) groups excluding carboxylic acids is 1.